The van der Waals surface area contributed by atoms with Gasteiger partial charge in [-0.05, 0) is 36.1 Å². The Labute approximate surface area is 159 Å². The Morgan fingerprint density at radius 3 is 2.67 bits per heavy atom. The van der Waals surface area contributed by atoms with Crippen LogP contribution in [0, 0.1) is 6.92 Å². The maximum absolute atomic E-state index is 6.46. The molecule has 0 N–H and O–H groups in total. The Kier molecular flexibility index (Phi) is 3.32. The molecule has 0 saturated carbocycles. The lowest BCUT2D eigenvalue weighted by Gasteiger charge is -2.35. The van der Waals surface area contributed by atoms with Gasteiger partial charge in [0.2, 0.25) is 0 Å². The molecule has 2 aromatic carbocycles. The Morgan fingerprint density at radius 1 is 1.04 bits per heavy atom. The Balaban J connectivity index is 1.78. The van der Waals surface area contributed by atoms with E-state index >= 15 is 0 Å². The van der Waals surface area contributed by atoms with Crippen molar-refractivity contribution in [2.24, 2.45) is 0 Å². The van der Waals surface area contributed by atoms with Crippen LogP contribution in [-0.2, 0) is 0 Å². The molecular formula is C22H20BN3O. The number of anilines is 3. The number of para-hydroxylation sites is 1. The fourth-order valence-electron chi connectivity index (χ4n) is 3.97. The van der Waals surface area contributed by atoms with E-state index in [0.29, 0.717) is 6.67 Å². The molecule has 4 aromatic rings. The first-order valence-electron chi connectivity index (χ1n) is 9.15. The van der Waals surface area contributed by atoms with Crippen LogP contribution in [0.1, 0.15) is 19.4 Å². The largest absolute Gasteiger partial charge is 0.454 e. The molecule has 0 aliphatic carbocycles. The van der Waals surface area contributed by atoms with Gasteiger partial charge < -0.3 is 14.2 Å². The first-order chi connectivity index (χ1) is 12.9. The lowest BCUT2D eigenvalue weighted by molar-refractivity contribution is 0.638. The van der Waals surface area contributed by atoms with Gasteiger partial charge in [0.25, 0.3) is 0 Å². The average molecular weight is 353 g/mol. The smallest absolute Gasteiger partial charge is 0.159 e. The van der Waals surface area contributed by atoms with E-state index < -0.39 is 5.44 Å². The minimum absolute atomic E-state index is 0.498. The average Bonchev–Trinajstić information content (AvgIpc) is 3.20. The number of benzene rings is 2. The zero-order valence-electron chi connectivity index (χ0n) is 15.7. The van der Waals surface area contributed by atoms with Crippen LogP contribution in [0.15, 0.2) is 59.1 Å². The third kappa shape index (κ3) is 2.34. The van der Waals surface area contributed by atoms with E-state index in [0.717, 1.165) is 44.7 Å². The summed E-state index contributed by atoms with van der Waals surface area (Å²) in [5, 5.41) is 2.25. The third-order valence-electron chi connectivity index (χ3n) is 5.28. The molecule has 4 nitrogen and oxygen atoms in total. The summed E-state index contributed by atoms with van der Waals surface area (Å²) in [7, 11) is 6.46. The van der Waals surface area contributed by atoms with Crippen molar-refractivity contribution < 1.29 is 4.42 Å². The summed E-state index contributed by atoms with van der Waals surface area (Å²) in [6.07, 6.45) is 1.83. The van der Waals surface area contributed by atoms with Crippen LogP contribution in [-0.4, -0.2) is 24.9 Å². The van der Waals surface area contributed by atoms with Crippen LogP contribution in [0.2, 0.25) is 0 Å². The van der Waals surface area contributed by atoms with Gasteiger partial charge in [0.1, 0.15) is 13.4 Å². The SMILES string of the molecule is [B]C(C)(C)N1CN(c2c(C)ccc3c2oc2ccccc23)c2ncccc21. The van der Waals surface area contributed by atoms with Crippen LogP contribution in [0.4, 0.5) is 17.2 Å². The summed E-state index contributed by atoms with van der Waals surface area (Å²) < 4.78 is 6.29. The number of hydrogen-bond donors (Lipinski definition) is 0. The van der Waals surface area contributed by atoms with E-state index in [4.69, 9.17) is 12.3 Å². The van der Waals surface area contributed by atoms with E-state index in [1.54, 1.807) is 0 Å². The summed E-state index contributed by atoms with van der Waals surface area (Å²) in [6, 6.07) is 16.5. The highest BCUT2D eigenvalue weighted by Crippen LogP contribution is 2.46. The zero-order valence-corrected chi connectivity index (χ0v) is 15.7. The molecule has 5 rings (SSSR count). The van der Waals surface area contributed by atoms with Gasteiger partial charge in [0.15, 0.2) is 11.4 Å². The molecule has 0 saturated heterocycles. The molecular weight excluding hydrogens is 333 g/mol. The molecule has 27 heavy (non-hydrogen) atoms. The first kappa shape index (κ1) is 16.2. The standard InChI is InChI=1S/C22H20BN3O/c1-14-10-11-16-15-7-4-5-9-18(15)27-20(16)19(14)25-13-26(22(2,3)23)17-8-6-12-24-21(17)25/h4-12H,13H2,1-3H3. The lowest BCUT2D eigenvalue weighted by Crippen LogP contribution is -2.45. The van der Waals surface area contributed by atoms with Crippen molar-refractivity contribution in [1.29, 1.82) is 0 Å². The number of rotatable bonds is 2. The highest BCUT2D eigenvalue weighted by atomic mass is 16.3. The van der Waals surface area contributed by atoms with Crippen LogP contribution >= 0.6 is 0 Å². The van der Waals surface area contributed by atoms with Crippen molar-refractivity contribution in [3.63, 3.8) is 0 Å². The predicted molar refractivity (Wildman–Crippen MR) is 112 cm³/mol. The fraction of sp³-hybridized carbons (Fsp3) is 0.227. The topological polar surface area (TPSA) is 32.5 Å². The van der Waals surface area contributed by atoms with E-state index in [1.165, 1.54) is 0 Å². The second-order valence-electron chi connectivity index (χ2n) is 7.70. The van der Waals surface area contributed by atoms with E-state index in [9.17, 15) is 0 Å². The Bertz CT molecular complexity index is 1180. The predicted octanol–water partition coefficient (Wildman–Crippen LogP) is 5.11. The number of nitrogens with zero attached hydrogens (tertiary/aromatic N) is 3. The van der Waals surface area contributed by atoms with Crippen LogP contribution in [0.25, 0.3) is 21.9 Å². The minimum Gasteiger partial charge on any atom is -0.454 e. The summed E-state index contributed by atoms with van der Waals surface area (Å²) in [6.45, 7) is 6.78. The number of pyridine rings is 1. The quantitative estimate of drug-likeness (QED) is 0.469. The van der Waals surface area contributed by atoms with Crippen molar-refractivity contribution in [2.75, 3.05) is 16.5 Å². The van der Waals surface area contributed by atoms with Crippen molar-refractivity contribution in [3.8, 4) is 0 Å². The molecule has 0 spiro atoms. The summed E-state index contributed by atoms with van der Waals surface area (Å²) in [4.78, 5) is 9.06. The molecule has 0 amide bonds. The van der Waals surface area contributed by atoms with Gasteiger partial charge in [-0.2, -0.15) is 0 Å². The van der Waals surface area contributed by atoms with Gasteiger partial charge >= 0.3 is 0 Å². The number of fused-ring (bicyclic) bond motifs is 4. The zero-order chi connectivity index (χ0) is 18.8. The van der Waals surface area contributed by atoms with Crippen molar-refractivity contribution in [1.82, 2.24) is 4.98 Å². The second kappa shape index (κ2) is 5.52. The number of aryl methyl sites for hydroxylation is 1. The fourth-order valence-corrected chi connectivity index (χ4v) is 3.97. The summed E-state index contributed by atoms with van der Waals surface area (Å²) >= 11 is 0. The van der Waals surface area contributed by atoms with Crippen LogP contribution in [0.3, 0.4) is 0 Å². The molecule has 3 heterocycles. The van der Waals surface area contributed by atoms with Gasteiger partial charge in [0, 0.05) is 17.0 Å². The van der Waals surface area contributed by atoms with E-state index in [1.807, 2.05) is 44.3 Å². The number of hydrogen-bond acceptors (Lipinski definition) is 4. The number of furan rings is 1. The van der Waals surface area contributed by atoms with Gasteiger partial charge in [-0.15, -0.1) is 0 Å². The van der Waals surface area contributed by atoms with Gasteiger partial charge in [0.05, 0.1) is 18.0 Å². The van der Waals surface area contributed by atoms with Crippen molar-refractivity contribution >= 4 is 47.0 Å². The summed E-state index contributed by atoms with van der Waals surface area (Å²) in [5.41, 5.74) is 4.53. The molecule has 0 fully saturated rings. The highest BCUT2D eigenvalue weighted by molar-refractivity contribution is 6.17. The van der Waals surface area contributed by atoms with Crippen molar-refractivity contribution in [3.05, 3.63) is 60.3 Å². The lowest BCUT2D eigenvalue weighted by atomic mass is 9.80. The first-order valence-corrected chi connectivity index (χ1v) is 9.15. The molecule has 2 aromatic heterocycles. The van der Waals surface area contributed by atoms with E-state index in [-0.39, 0.29) is 0 Å². The molecule has 5 heteroatoms. The third-order valence-corrected chi connectivity index (χ3v) is 5.28. The summed E-state index contributed by atoms with van der Waals surface area (Å²) in [5.74, 6) is 0.909. The number of aromatic nitrogens is 1. The van der Waals surface area contributed by atoms with Gasteiger partial charge in [-0.3, -0.25) is 0 Å². The maximum atomic E-state index is 6.46. The molecule has 1 aliphatic rings. The van der Waals surface area contributed by atoms with Gasteiger partial charge in [-0.25, -0.2) is 4.98 Å². The molecule has 1 aliphatic heterocycles. The Morgan fingerprint density at radius 2 is 1.85 bits per heavy atom. The normalized spacial score (nSPS) is 14.3. The second-order valence-corrected chi connectivity index (χ2v) is 7.70. The maximum Gasteiger partial charge on any atom is 0.159 e. The highest BCUT2D eigenvalue weighted by Gasteiger charge is 2.35. The van der Waals surface area contributed by atoms with Gasteiger partial charge in [-0.1, -0.05) is 44.2 Å². The van der Waals surface area contributed by atoms with Crippen LogP contribution < -0.4 is 9.80 Å². The van der Waals surface area contributed by atoms with Crippen LogP contribution in [0.5, 0.6) is 0 Å². The minimum atomic E-state index is -0.498. The molecule has 0 bridgehead atoms. The van der Waals surface area contributed by atoms with E-state index in [2.05, 4.69) is 46.0 Å². The van der Waals surface area contributed by atoms with Crippen molar-refractivity contribution in [2.45, 2.75) is 26.2 Å². The molecule has 0 unspecified atom stereocenters. The molecule has 0 atom stereocenters. The Hall–Kier alpha value is -2.95. The monoisotopic (exact) mass is 353 g/mol. The molecule has 132 valence electrons. The molecule has 2 radical (unpaired) electrons.